The quantitative estimate of drug-likeness (QED) is 0.352. The van der Waals surface area contributed by atoms with Gasteiger partial charge in [0.2, 0.25) is 7.85 Å². The molecule has 200 valence electrons. The smallest absolute Gasteiger partial charge is 0.338 e. The molecule has 2 unspecified atom stereocenters. The van der Waals surface area contributed by atoms with Crippen molar-refractivity contribution in [3.8, 4) is 0 Å². The molecule has 0 bridgehead atoms. The van der Waals surface area contributed by atoms with Crippen LogP contribution in [0.4, 0.5) is 4.79 Å². The third kappa shape index (κ3) is 6.91. The molecule has 0 aromatic heterocycles. The number of methoxy groups -OCH3 is 1. The van der Waals surface area contributed by atoms with Gasteiger partial charge < -0.3 is 33.7 Å². The van der Waals surface area contributed by atoms with Crippen LogP contribution in [0.15, 0.2) is 23.1 Å². The van der Waals surface area contributed by atoms with Gasteiger partial charge in [0, 0.05) is 31.8 Å². The number of ether oxygens (including phenoxy) is 5. The van der Waals surface area contributed by atoms with Gasteiger partial charge in [0.1, 0.15) is 18.0 Å². The summed E-state index contributed by atoms with van der Waals surface area (Å²) < 4.78 is 29.0. The molecule has 2 fully saturated rings. The Morgan fingerprint density at radius 3 is 2.61 bits per heavy atom. The number of esters is 1. The lowest BCUT2D eigenvalue weighted by molar-refractivity contribution is -0.156. The minimum absolute atomic E-state index is 0.0124. The monoisotopic (exact) mass is 505 g/mol. The van der Waals surface area contributed by atoms with Gasteiger partial charge in [0.15, 0.2) is 18.4 Å². The van der Waals surface area contributed by atoms with E-state index in [1.54, 1.807) is 13.1 Å². The lowest BCUT2D eigenvalue weighted by Crippen LogP contribution is -2.37. The van der Waals surface area contributed by atoms with E-state index in [2.05, 4.69) is 0 Å². The van der Waals surface area contributed by atoms with E-state index in [0.29, 0.717) is 55.6 Å². The maximum Gasteiger partial charge on any atom is 0.338 e. The Bertz CT molecular complexity index is 872. The number of amides is 1. The van der Waals surface area contributed by atoms with Crippen LogP contribution in [0.3, 0.4) is 0 Å². The van der Waals surface area contributed by atoms with Crippen LogP contribution in [0.25, 0.3) is 0 Å². The fourth-order valence-corrected chi connectivity index (χ4v) is 5.13. The van der Waals surface area contributed by atoms with Crippen molar-refractivity contribution in [2.75, 3.05) is 21.0 Å². The van der Waals surface area contributed by atoms with E-state index in [4.69, 9.17) is 31.5 Å². The molecule has 10 heteroatoms. The normalized spacial score (nSPS) is 33.5. The molecule has 0 aromatic rings. The number of carbonyl (C=O) groups is 2. The van der Waals surface area contributed by atoms with Crippen LogP contribution in [0.5, 0.6) is 0 Å². The number of nitrogens with zero attached hydrogens (tertiary/aromatic N) is 1. The fraction of sp³-hybridized carbons (Fsp3) is 0.769. The number of carbonyl (C=O) groups excluding carboxylic acids is 2. The van der Waals surface area contributed by atoms with E-state index in [0.717, 1.165) is 0 Å². The Hall–Kier alpha value is -1.88. The lowest BCUT2D eigenvalue weighted by atomic mass is 9.83. The van der Waals surface area contributed by atoms with Crippen LogP contribution in [-0.4, -0.2) is 80.8 Å². The second kappa shape index (κ2) is 12.1. The fourth-order valence-electron chi connectivity index (χ4n) is 5.13. The van der Waals surface area contributed by atoms with Crippen molar-refractivity contribution in [3.63, 3.8) is 0 Å². The Morgan fingerprint density at radius 2 is 1.94 bits per heavy atom. The molecule has 1 aliphatic carbocycles. The molecule has 0 spiro atoms. The van der Waals surface area contributed by atoms with E-state index in [1.807, 2.05) is 27.7 Å². The molecule has 3 aliphatic rings. The summed E-state index contributed by atoms with van der Waals surface area (Å²) in [5.74, 6) is -1.76. The van der Waals surface area contributed by atoms with Crippen molar-refractivity contribution in [1.82, 2.24) is 4.90 Å². The Morgan fingerprint density at radius 1 is 1.22 bits per heavy atom. The van der Waals surface area contributed by atoms with E-state index >= 15 is 0 Å². The predicted octanol–water partition coefficient (Wildman–Crippen LogP) is 3.40. The summed E-state index contributed by atoms with van der Waals surface area (Å²) in [6, 6.07) is 0. The lowest BCUT2D eigenvalue weighted by Gasteiger charge is -2.32. The molecular formula is C26H40BNO8. The highest BCUT2D eigenvalue weighted by molar-refractivity contribution is 6.57. The highest BCUT2D eigenvalue weighted by Gasteiger charge is 2.45. The van der Waals surface area contributed by atoms with Crippen molar-refractivity contribution in [2.24, 2.45) is 11.8 Å². The average molecular weight is 505 g/mol. The van der Waals surface area contributed by atoms with Crippen molar-refractivity contribution >= 4 is 19.6 Å². The van der Waals surface area contributed by atoms with Gasteiger partial charge in [-0.3, -0.25) is 4.79 Å². The number of aliphatic hydroxyl groups excluding tert-OH is 1. The first-order valence-corrected chi connectivity index (χ1v) is 12.8. The van der Waals surface area contributed by atoms with Crippen LogP contribution in [-0.2, 0) is 28.5 Å². The van der Waals surface area contributed by atoms with Crippen LogP contribution in [0.1, 0.15) is 66.2 Å². The van der Waals surface area contributed by atoms with Crippen LogP contribution in [0.2, 0.25) is 0 Å². The summed E-state index contributed by atoms with van der Waals surface area (Å²) in [6.45, 7) is 7.51. The molecule has 2 radical (unpaired) electrons. The molecule has 36 heavy (non-hydrogen) atoms. The van der Waals surface area contributed by atoms with Gasteiger partial charge in [-0.25, -0.2) is 4.79 Å². The largest absolute Gasteiger partial charge is 0.467 e. The maximum absolute atomic E-state index is 13.5. The minimum Gasteiger partial charge on any atom is -0.467 e. The Balaban J connectivity index is 1.96. The van der Waals surface area contributed by atoms with E-state index < -0.39 is 29.8 Å². The minimum atomic E-state index is -0.778. The van der Waals surface area contributed by atoms with E-state index in [9.17, 15) is 14.7 Å². The average Bonchev–Trinajstić information content (AvgIpc) is 3.13. The number of allylic oxidation sites excluding steroid dienone is 2. The van der Waals surface area contributed by atoms with Crippen LogP contribution >= 0.6 is 0 Å². The maximum atomic E-state index is 13.5. The summed E-state index contributed by atoms with van der Waals surface area (Å²) in [5.41, 5.74) is 1.08. The van der Waals surface area contributed by atoms with E-state index in [1.165, 1.54) is 12.0 Å². The summed E-state index contributed by atoms with van der Waals surface area (Å²) >= 11 is 0. The molecule has 9 nitrogen and oxygen atoms in total. The molecule has 6 atom stereocenters. The summed E-state index contributed by atoms with van der Waals surface area (Å²) in [4.78, 5) is 26.7. The molecule has 0 saturated carbocycles. The van der Waals surface area contributed by atoms with Crippen LogP contribution in [0, 0.1) is 11.8 Å². The molecule has 2 aliphatic heterocycles. The zero-order valence-electron chi connectivity index (χ0n) is 22.3. The van der Waals surface area contributed by atoms with Gasteiger partial charge >= 0.3 is 5.97 Å². The third-order valence-electron chi connectivity index (χ3n) is 7.39. The Labute approximate surface area is 215 Å². The predicted molar refractivity (Wildman–Crippen MR) is 133 cm³/mol. The van der Waals surface area contributed by atoms with Gasteiger partial charge in [0.25, 0.3) is 0 Å². The molecule has 2 heterocycles. The zero-order valence-corrected chi connectivity index (χ0v) is 22.3. The van der Waals surface area contributed by atoms with Crippen molar-refractivity contribution in [1.29, 1.82) is 0 Å². The highest BCUT2D eigenvalue weighted by atomic mass is 16.8. The number of cyclic esters (lactones) is 1. The highest BCUT2D eigenvalue weighted by Crippen LogP contribution is 2.39. The standard InChI is InChI=1S/C26H40BNO8/c1-15-10-11-19(29)23-20(35-26(3,4)36-23)9-7-8-17-12-18(28(5)25(27)31)13-21(33-14-32-6)22(17)24(30)34-16(15)2/h13,15-17,19-20,23,29H,7-12,14H2,1-6H3/t15-,16+,17?,19+,20+,23?/m1/s1. The molecule has 1 amide bonds. The Kier molecular flexibility index (Phi) is 9.65. The first kappa shape index (κ1) is 28.7. The van der Waals surface area contributed by atoms with Gasteiger partial charge in [-0.1, -0.05) is 13.3 Å². The SMILES string of the molecule is [B]C(=O)N(C)C1=CC(OCOC)=C2C(=O)O[C@@H](C)[C@H](C)CC[C@H](O)C3OC(C)(C)O[C@H]3CCCC2C1. The third-order valence-corrected chi connectivity index (χ3v) is 7.39. The first-order valence-electron chi connectivity index (χ1n) is 12.8. The molecule has 2 saturated heterocycles. The second-order valence-electron chi connectivity index (χ2n) is 10.6. The number of hydrogen-bond acceptors (Lipinski definition) is 8. The van der Waals surface area contributed by atoms with Crippen molar-refractivity contribution < 1.29 is 38.4 Å². The summed E-state index contributed by atoms with van der Waals surface area (Å²) in [6.07, 6.45) is 3.48. The number of hydrogen-bond donors (Lipinski definition) is 1. The second-order valence-corrected chi connectivity index (χ2v) is 10.6. The van der Waals surface area contributed by atoms with Crippen molar-refractivity contribution in [3.05, 3.63) is 23.1 Å². The summed E-state index contributed by atoms with van der Waals surface area (Å²) in [5, 5.41) is 10.9. The van der Waals surface area contributed by atoms with Gasteiger partial charge in [0.05, 0.1) is 17.8 Å². The molecule has 1 N–H and O–H groups in total. The van der Waals surface area contributed by atoms with Gasteiger partial charge in [-0.2, -0.15) is 0 Å². The number of fused-ring (bicyclic) bond motifs is 2. The topological polar surface area (TPSA) is 104 Å². The number of rotatable bonds is 4. The van der Waals surface area contributed by atoms with Gasteiger partial charge in [-0.05, 0) is 58.8 Å². The van der Waals surface area contributed by atoms with E-state index in [-0.39, 0.29) is 30.8 Å². The van der Waals surface area contributed by atoms with Crippen molar-refractivity contribution in [2.45, 2.75) is 96.4 Å². The summed E-state index contributed by atoms with van der Waals surface area (Å²) in [7, 11) is 8.62. The first-order chi connectivity index (χ1) is 16.9. The molecule has 0 aromatic carbocycles. The van der Waals surface area contributed by atoms with Crippen LogP contribution < -0.4 is 0 Å². The number of aliphatic hydroxyl groups is 1. The van der Waals surface area contributed by atoms with Gasteiger partial charge in [-0.15, -0.1) is 0 Å². The molecule has 3 rings (SSSR count). The zero-order chi connectivity index (χ0) is 26.6. The molecular weight excluding hydrogens is 465 g/mol.